The average molecular weight is 369 g/mol. The molecule has 0 unspecified atom stereocenters. The van der Waals surface area contributed by atoms with Crippen LogP contribution < -0.4 is 5.32 Å². The highest BCUT2D eigenvalue weighted by Gasteiger charge is 2.25. The van der Waals surface area contributed by atoms with Gasteiger partial charge in [0.25, 0.3) is 0 Å². The number of nitriles is 1. The first-order valence-corrected chi connectivity index (χ1v) is 9.53. The van der Waals surface area contributed by atoms with Crippen LogP contribution in [-0.2, 0) is 16.4 Å². The third kappa shape index (κ3) is 4.10. The summed E-state index contributed by atoms with van der Waals surface area (Å²) in [4.78, 5) is -0.316. The van der Waals surface area contributed by atoms with Crippen molar-refractivity contribution in [1.29, 1.82) is 5.26 Å². The number of nitrogens with zero attached hydrogens (tertiary/aromatic N) is 1. The van der Waals surface area contributed by atoms with E-state index in [9.17, 15) is 13.7 Å². The zero-order chi connectivity index (χ0) is 16.9. The first kappa shape index (κ1) is 17.5. The molecule has 0 amide bonds. The second-order valence-corrected chi connectivity index (χ2v) is 7.50. The summed E-state index contributed by atoms with van der Waals surface area (Å²) < 4.78 is 30.5. The molecule has 1 aromatic carbocycles. The van der Waals surface area contributed by atoms with Crippen LogP contribution in [-0.4, -0.2) is 14.7 Å². The van der Waals surface area contributed by atoms with Gasteiger partial charge in [0.05, 0.1) is 22.7 Å². The molecule has 0 radical (unpaired) electrons. The van der Waals surface area contributed by atoms with Crippen LogP contribution in [0.2, 0.25) is 5.02 Å². The first-order chi connectivity index (χ1) is 11.0. The molecule has 23 heavy (non-hydrogen) atoms. The Labute approximate surface area is 143 Å². The van der Waals surface area contributed by atoms with Crippen molar-refractivity contribution in [2.75, 3.05) is 6.26 Å². The lowest BCUT2D eigenvalue weighted by molar-refractivity contribution is 0.498. The highest BCUT2D eigenvalue weighted by molar-refractivity contribution is 8.04. The van der Waals surface area contributed by atoms with Gasteiger partial charge in [-0.05, 0) is 42.7 Å². The van der Waals surface area contributed by atoms with E-state index in [0.717, 1.165) is 11.8 Å². The zero-order valence-electron chi connectivity index (χ0n) is 12.1. The Hall–Kier alpha value is -1.88. The summed E-state index contributed by atoms with van der Waals surface area (Å²) in [6.45, 7) is 0.282. The van der Waals surface area contributed by atoms with Crippen LogP contribution in [0.5, 0.6) is 0 Å². The highest BCUT2D eigenvalue weighted by Crippen LogP contribution is 2.26. The van der Waals surface area contributed by atoms with Gasteiger partial charge in [0.1, 0.15) is 11.8 Å². The van der Waals surface area contributed by atoms with E-state index < -0.39 is 9.84 Å². The summed E-state index contributed by atoms with van der Waals surface area (Å²) in [7, 11) is -3.92. The number of furan rings is 1. The Balaban J connectivity index is 2.37. The molecule has 1 aromatic heterocycles. The van der Waals surface area contributed by atoms with E-state index in [0.29, 0.717) is 10.8 Å². The fourth-order valence-electron chi connectivity index (χ4n) is 1.79. The molecule has 5 nitrogen and oxygen atoms in total. The summed E-state index contributed by atoms with van der Waals surface area (Å²) >= 11 is 6.92. The number of thioether (sulfide) groups is 1. The topological polar surface area (TPSA) is 83.1 Å². The third-order valence-corrected chi connectivity index (χ3v) is 5.77. The predicted octanol–water partition coefficient (Wildman–Crippen LogP) is 3.55. The maximum atomic E-state index is 12.6. The van der Waals surface area contributed by atoms with Gasteiger partial charge in [-0.3, -0.25) is 0 Å². The van der Waals surface area contributed by atoms with Crippen molar-refractivity contribution in [1.82, 2.24) is 5.32 Å². The number of halogens is 1. The number of rotatable bonds is 6. The van der Waals surface area contributed by atoms with Crippen LogP contribution in [0.3, 0.4) is 0 Å². The molecule has 8 heteroatoms. The van der Waals surface area contributed by atoms with Crippen LogP contribution in [0.1, 0.15) is 5.76 Å². The molecule has 1 heterocycles. The fourth-order valence-corrected chi connectivity index (χ4v) is 4.11. The van der Waals surface area contributed by atoms with Gasteiger partial charge in [0.2, 0.25) is 9.84 Å². The third-order valence-electron chi connectivity index (χ3n) is 2.91. The molecular weight excluding hydrogens is 356 g/mol. The molecule has 2 aromatic rings. The Kier molecular flexibility index (Phi) is 5.77. The van der Waals surface area contributed by atoms with Crippen LogP contribution in [0.25, 0.3) is 0 Å². The predicted molar refractivity (Wildman–Crippen MR) is 90.3 cm³/mol. The van der Waals surface area contributed by atoms with Gasteiger partial charge in [0, 0.05) is 5.02 Å². The molecular formula is C15H13ClN2O3S2. The van der Waals surface area contributed by atoms with Gasteiger partial charge in [-0.2, -0.15) is 5.26 Å². The summed E-state index contributed by atoms with van der Waals surface area (Å²) in [5.74, 6) is 0.637. The number of hydrogen-bond acceptors (Lipinski definition) is 6. The zero-order valence-corrected chi connectivity index (χ0v) is 14.5. The van der Waals surface area contributed by atoms with Crippen LogP contribution >= 0.6 is 23.4 Å². The molecule has 0 aliphatic carbocycles. The second kappa shape index (κ2) is 7.59. The maximum Gasteiger partial charge on any atom is 0.219 e. The highest BCUT2D eigenvalue weighted by atomic mass is 35.5. The maximum absolute atomic E-state index is 12.6. The molecule has 0 bridgehead atoms. The van der Waals surface area contributed by atoms with E-state index in [1.54, 1.807) is 24.5 Å². The Morgan fingerprint density at radius 1 is 1.35 bits per heavy atom. The van der Waals surface area contributed by atoms with E-state index in [-0.39, 0.29) is 21.4 Å². The molecule has 0 spiro atoms. The number of sulfone groups is 1. The lowest BCUT2D eigenvalue weighted by Gasteiger charge is -2.11. The minimum Gasteiger partial charge on any atom is -0.467 e. The van der Waals surface area contributed by atoms with E-state index in [1.807, 2.05) is 0 Å². The Morgan fingerprint density at radius 3 is 2.57 bits per heavy atom. The van der Waals surface area contributed by atoms with Crippen LogP contribution in [0.15, 0.2) is 61.9 Å². The van der Waals surface area contributed by atoms with Crippen LogP contribution in [0.4, 0.5) is 0 Å². The molecule has 2 rings (SSSR count). The monoisotopic (exact) mass is 368 g/mol. The van der Waals surface area contributed by atoms with E-state index >= 15 is 0 Å². The van der Waals surface area contributed by atoms with E-state index in [1.165, 1.54) is 30.5 Å². The normalized spacial score (nSPS) is 12.4. The van der Waals surface area contributed by atoms with Crippen molar-refractivity contribution >= 4 is 33.2 Å². The minimum absolute atomic E-state index is 0.0183. The lowest BCUT2D eigenvalue weighted by atomic mass is 10.4. The average Bonchev–Trinajstić information content (AvgIpc) is 3.05. The van der Waals surface area contributed by atoms with Crippen LogP contribution in [0, 0.1) is 11.3 Å². The summed E-state index contributed by atoms with van der Waals surface area (Å²) in [6.07, 6.45) is 3.22. The molecule has 0 atom stereocenters. The van der Waals surface area contributed by atoms with Crippen molar-refractivity contribution in [3.8, 4) is 6.07 Å². The van der Waals surface area contributed by atoms with Gasteiger partial charge >= 0.3 is 0 Å². The molecule has 0 aliphatic heterocycles. The van der Waals surface area contributed by atoms with Crippen molar-refractivity contribution in [3.63, 3.8) is 0 Å². The van der Waals surface area contributed by atoms with Gasteiger partial charge in [-0.15, -0.1) is 11.8 Å². The van der Waals surface area contributed by atoms with Crippen molar-refractivity contribution < 1.29 is 12.8 Å². The first-order valence-electron chi connectivity index (χ1n) is 6.44. The number of allylic oxidation sites excluding steroid dienone is 1. The van der Waals surface area contributed by atoms with Crippen molar-refractivity contribution in [2.45, 2.75) is 11.4 Å². The molecule has 0 saturated carbocycles. The lowest BCUT2D eigenvalue weighted by Crippen LogP contribution is -2.16. The molecule has 0 aliphatic rings. The minimum atomic E-state index is -3.92. The second-order valence-electron chi connectivity index (χ2n) is 4.36. The SMILES string of the molecule is CSC(NCc1ccco1)=C(C#N)S(=O)(=O)c1ccc(Cl)cc1. The standard InChI is InChI=1S/C15H13ClN2O3S2/c1-22-15(18-10-12-3-2-8-21-12)14(9-17)23(19,20)13-6-4-11(16)5-7-13/h2-8,18H,10H2,1H3. The Morgan fingerprint density at radius 2 is 2.04 bits per heavy atom. The number of benzene rings is 1. The van der Waals surface area contributed by atoms with Gasteiger partial charge in [-0.1, -0.05) is 11.6 Å². The number of nitrogens with one attached hydrogen (secondary N) is 1. The molecule has 0 saturated heterocycles. The van der Waals surface area contributed by atoms with E-state index in [4.69, 9.17) is 16.0 Å². The Bertz CT molecular complexity index is 836. The van der Waals surface area contributed by atoms with Gasteiger partial charge < -0.3 is 9.73 Å². The molecule has 120 valence electrons. The molecule has 0 fully saturated rings. The summed E-state index contributed by atoms with van der Waals surface area (Å²) in [5, 5.41) is 13.0. The van der Waals surface area contributed by atoms with Crippen molar-refractivity contribution in [3.05, 3.63) is 63.4 Å². The quantitative estimate of drug-likeness (QED) is 0.785. The van der Waals surface area contributed by atoms with Gasteiger partial charge in [0.15, 0.2) is 4.91 Å². The largest absolute Gasteiger partial charge is 0.467 e. The number of hydrogen-bond donors (Lipinski definition) is 1. The fraction of sp³-hybridized carbons (Fsp3) is 0.133. The van der Waals surface area contributed by atoms with E-state index in [2.05, 4.69) is 5.32 Å². The smallest absolute Gasteiger partial charge is 0.219 e. The van der Waals surface area contributed by atoms with Crippen molar-refractivity contribution in [2.24, 2.45) is 0 Å². The summed E-state index contributed by atoms with van der Waals surface area (Å²) in [5.41, 5.74) is 0. The molecule has 1 N–H and O–H groups in total. The summed E-state index contributed by atoms with van der Waals surface area (Å²) in [6, 6.07) is 11.0. The van der Waals surface area contributed by atoms with Gasteiger partial charge in [-0.25, -0.2) is 8.42 Å².